The first-order chi connectivity index (χ1) is 12.1. The van der Waals surface area contributed by atoms with Gasteiger partial charge in [-0.3, -0.25) is 4.79 Å². The number of rotatable bonds is 6. The number of hydrogen-bond acceptors (Lipinski definition) is 1. The van der Waals surface area contributed by atoms with Gasteiger partial charge in [0, 0.05) is 36.0 Å². The van der Waals surface area contributed by atoms with Crippen LogP contribution in [0.5, 0.6) is 0 Å². The molecule has 3 nitrogen and oxygen atoms in total. The maximum atomic E-state index is 14.5. The van der Waals surface area contributed by atoms with Crippen LogP contribution in [0, 0.1) is 11.7 Å². The molecule has 0 bridgehead atoms. The number of H-pyrrole nitrogens is 1. The molecule has 3 aromatic rings. The summed E-state index contributed by atoms with van der Waals surface area (Å²) in [4.78, 5) is 15.7. The van der Waals surface area contributed by atoms with E-state index in [1.165, 1.54) is 6.07 Å². The van der Waals surface area contributed by atoms with E-state index in [1.807, 2.05) is 50.4 Å². The van der Waals surface area contributed by atoms with Gasteiger partial charge in [0.25, 0.3) is 0 Å². The number of carbonyl (C=O) groups excluding carboxylic acids is 1. The zero-order valence-electron chi connectivity index (χ0n) is 14.6. The molecule has 0 spiro atoms. The Labute approximate surface area is 147 Å². The number of nitrogens with one attached hydrogen (secondary N) is 2. The molecule has 0 aliphatic carbocycles. The van der Waals surface area contributed by atoms with E-state index in [0.29, 0.717) is 18.0 Å². The molecule has 0 saturated carbocycles. The van der Waals surface area contributed by atoms with Crippen molar-refractivity contribution in [2.24, 2.45) is 5.92 Å². The number of amides is 1. The Bertz CT molecular complexity index is 869. The predicted octanol–water partition coefficient (Wildman–Crippen LogP) is 4.60. The highest BCUT2D eigenvalue weighted by atomic mass is 19.1. The van der Waals surface area contributed by atoms with Crippen LogP contribution in [0.4, 0.5) is 4.39 Å². The summed E-state index contributed by atoms with van der Waals surface area (Å²) >= 11 is 0. The van der Waals surface area contributed by atoms with Crippen molar-refractivity contribution in [2.75, 3.05) is 6.54 Å². The monoisotopic (exact) mass is 338 g/mol. The van der Waals surface area contributed by atoms with Crippen molar-refractivity contribution in [3.05, 3.63) is 71.7 Å². The number of aromatic nitrogens is 1. The molecular weight excluding hydrogens is 315 g/mol. The first-order valence-electron chi connectivity index (χ1n) is 8.63. The van der Waals surface area contributed by atoms with Crippen LogP contribution in [0.3, 0.4) is 0 Å². The van der Waals surface area contributed by atoms with Crippen LogP contribution in [0.25, 0.3) is 10.9 Å². The van der Waals surface area contributed by atoms with Crippen LogP contribution in [0.2, 0.25) is 0 Å². The third kappa shape index (κ3) is 3.90. The average molecular weight is 338 g/mol. The summed E-state index contributed by atoms with van der Waals surface area (Å²) in [5, 5.41) is 3.96. The van der Waals surface area contributed by atoms with Gasteiger partial charge >= 0.3 is 0 Å². The molecule has 0 aliphatic rings. The van der Waals surface area contributed by atoms with Crippen molar-refractivity contribution < 1.29 is 9.18 Å². The van der Waals surface area contributed by atoms with Crippen molar-refractivity contribution in [1.29, 1.82) is 0 Å². The van der Waals surface area contributed by atoms with Gasteiger partial charge < -0.3 is 10.3 Å². The molecule has 4 heteroatoms. The number of aromatic amines is 1. The van der Waals surface area contributed by atoms with E-state index in [2.05, 4.69) is 10.3 Å². The van der Waals surface area contributed by atoms with E-state index in [-0.39, 0.29) is 24.1 Å². The third-order valence-electron chi connectivity index (χ3n) is 4.37. The number of halogens is 1. The Morgan fingerprint density at radius 3 is 2.56 bits per heavy atom. The molecule has 130 valence electrons. The standard InChI is InChI=1S/C21H23FN2O/c1-14(2)12-24-21(25)11-17(15-7-3-5-9-19(15)22)18-13-23-20-10-6-4-8-16(18)20/h3-10,13-14,17,23H,11-12H2,1-2H3,(H,24,25)/t17-/m0/s1. The number of carbonyl (C=O) groups is 1. The zero-order valence-corrected chi connectivity index (χ0v) is 14.6. The van der Waals surface area contributed by atoms with Gasteiger partial charge in [-0.15, -0.1) is 0 Å². The van der Waals surface area contributed by atoms with E-state index < -0.39 is 0 Å². The smallest absolute Gasteiger partial charge is 0.220 e. The highest BCUT2D eigenvalue weighted by Gasteiger charge is 2.23. The Balaban J connectivity index is 1.98. The molecule has 1 aromatic heterocycles. The van der Waals surface area contributed by atoms with E-state index in [4.69, 9.17) is 0 Å². The van der Waals surface area contributed by atoms with E-state index >= 15 is 0 Å². The normalized spacial score (nSPS) is 12.5. The SMILES string of the molecule is CC(C)CNC(=O)C[C@@H](c1ccccc1F)c1c[nH]c2ccccc12. The summed E-state index contributed by atoms with van der Waals surface area (Å²) in [5.74, 6) is -0.296. The quantitative estimate of drug-likeness (QED) is 0.678. The minimum absolute atomic E-state index is 0.0627. The highest BCUT2D eigenvalue weighted by molar-refractivity contribution is 5.86. The van der Waals surface area contributed by atoms with Gasteiger partial charge in [0.2, 0.25) is 5.91 Å². The van der Waals surface area contributed by atoms with Crippen LogP contribution >= 0.6 is 0 Å². The fourth-order valence-electron chi connectivity index (χ4n) is 3.10. The van der Waals surface area contributed by atoms with Gasteiger partial charge in [0.05, 0.1) is 0 Å². The molecule has 2 aromatic carbocycles. The summed E-state index contributed by atoms with van der Waals surface area (Å²) in [7, 11) is 0. The fourth-order valence-corrected chi connectivity index (χ4v) is 3.10. The van der Waals surface area contributed by atoms with Gasteiger partial charge in [-0.1, -0.05) is 50.2 Å². The maximum absolute atomic E-state index is 14.5. The van der Waals surface area contributed by atoms with E-state index in [0.717, 1.165) is 16.5 Å². The van der Waals surface area contributed by atoms with Crippen molar-refractivity contribution in [3.8, 4) is 0 Å². The first-order valence-corrected chi connectivity index (χ1v) is 8.63. The van der Waals surface area contributed by atoms with Crippen molar-refractivity contribution in [3.63, 3.8) is 0 Å². The molecule has 1 heterocycles. The molecule has 1 amide bonds. The Morgan fingerprint density at radius 2 is 1.80 bits per heavy atom. The summed E-state index contributed by atoms with van der Waals surface area (Å²) in [6, 6.07) is 14.6. The topological polar surface area (TPSA) is 44.9 Å². The van der Waals surface area contributed by atoms with Gasteiger partial charge in [-0.25, -0.2) is 4.39 Å². The summed E-state index contributed by atoms with van der Waals surface area (Å²) in [6.45, 7) is 4.72. The van der Waals surface area contributed by atoms with Crippen molar-refractivity contribution in [2.45, 2.75) is 26.2 Å². The Morgan fingerprint density at radius 1 is 1.08 bits per heavy atom. The molecule has 2 N–H and O–H groups in total. The first kappa shape index (κ1) is 17.2. The molecule has 0 fully saturated rings. The molecule has 3 rings (SSSR count). The van der Waals surface area contributed by atoms with E-state index in [9.17, 15) is 9.18 Å². The number of benzene rings is 2. The molecular formula is C21H23FN2O. The van der Waals surface area contributed by atoms with Crippen LogP contribution < -0.4 is 5.32 Å². The lowest BCUT2D eigenvalue weighted by Gasteiger charge is -2.18. The molecule has 0 unspecified atom stereocenters. The van der Waals surface area contributed by atoms with Crippen LogP contribution in [-0.4, -0.2) is 17.4 Å². The highest BCUT2D eigenvalue weighted by Crippen LogP contribution is 2.34. The van der Waals surface area contributed by atoms with Crippen molar-refractivity contribution >= 4 is 16.8 Å². The minimum atomic E-state index is -0.329. The van der Waals surface area contributed by atoms with Crippen LogP contribution in [0.15, 0.2) is 54.7 Å². The number of para-hydroxylation sites is 1. The lowest BCUT2D eigenvalue weighted by Crippen LogP contribution is -2.29. The summed E-state index contributed by atoms with van der Waals surface area (Å²) in [6.07, 6.45) is 2.10. The predicted molar refractivity (Wildman–Crippen MR) is 99.0 cm³/mol. The van der Waals surface area contributed by atoms with Gasteiger partial charge in [0.15, 0.2) is 0 Å². The summed E-state index contributed by atoms with van der Waals surface area (Å²) < 4.78 is 14.5. The average Bonchev–Trinajstić information content (AvgIpc) is 3.02. The minimum Gasteiger partial charge on any atom is -0.361 e. The lowest BCUT2D eigenvalue weighted by molar-refractivity contribution is -0.121. The molecule has 0 aliphatic heterocycles. The zero-order chi connectivity index (χ0) is 17.8. The third-order valence-corrected chi connectivity index (χ3v) is 4.37. The maximum Gasteiger partial charge on any atom is 0.220 e. The van der Waals surface area contributed by atoms with E-state index in [1.54, 1.807) is 12.1 Å². The Kier molecular flexibility index (Phi) is 5.17. The second-order valence-electron chi connectivity index (χ2n) is 6.77. The van der Waals surface area contributed by atoms with Gasteiger partial charge in [-0.2, -0.15) is 0 Å². The van der Waals surface area contributed by atoms with Crippen molar-refractivity contribution in [1.82, 2.24) is 10.3 Å². The number of hydrogen-bond donors (Lipinski definition) is 2. The number of fused-ring (bicyclic) bond motifs is 1. The summed E-state index contributed by atoms with van der Waals surface area (Å²) in [5.41, 5.74) is 2.48. The second kappa shape index (κ2) is 7.51. The van der Waals surface area contributed by atoms with Crippen LogP contribution in [-0.2, 0) is 4.79 Å². The molecule has 0 saturated heterocycles. The fraction of sp³-hybridized carbons (Fsp3) is 0.286. The van der Waals surface area contributed by atoms with Gasteiger partial charge in [0.1, 0.15) is 5.82 Å². The molecule has 1 atom stereocenters. The molecule has 0 radical (unpaired) electrons. The lowest BCUT2D eigenvalue weighted by atomic mass is 9.87. The Hall–Kier alpha value is -2.62. The van der Waals surface area contributed by atoms with Gasteiger partial charge in [-0.05, 0) is 29.2 Å². The molecule has 25 heavy (non-hydrogen) atoms. The largest absolute Gasteiger partial charge is 0.361 e. The van der Waals surface area contributed by atoms with Crippen LogP contribution in [0.1, 0.15) is 37.3 Å². The second-order valence-corrected chi connectivity index (χ2v) is 6.77.